The van der Waals surface area contributed by atoms with E-state index in [0.29, 0.717) is 22.6 Å². The average molecular weight is 317 g/mol. The molecule has 5 heteroatoms. The molecule has 0 unspecified atom stereocenters. The smallest absolute Gasteiger partial charge is 0.251 e. The summed E-state index contributed by atoms with van der Waals surface area (Å²) in [5, 5.41) is 15.6. The van der Waals surface area contributed by atoms with Crippen LogP contribution in [0.15, 0.2) is 59.1 Å². The minimum atomic E-state index is -0.257. The maximum atomic E-state index is 12.1. The molecule has 3 aromatic rings. The molecule has 1 aromatic heterocycles. The Morgan fingerprint density at radius 1 is 1.21 bits per heavy atom. The van der Waals surface area contributed by atoms with Gasteiger partial charge in [0.1, 0.15) is 5.69 Å². The Labute approximate surface area is 139 Å². The number of aromatic nitrogens is 1. The average Bonchev–Trinajstić information content (AvgIpc) is 3.09. The SMILES string of the molecule is Cc1ccc(-c2cc(CNC(=O)c3cccc(C#N)c3)no2)cc1. The first-order chi connectivity index (χ1) is 11.7. The highest BCUT2D eigenvalue weighted by Gasteiger charge is 2.10. The molecule has 0 aliphatic rings. The highest BCUT2D eigenvalue weighted by atomic mass is 16.5. The van der Waals surface area contributed by atoms with Gasteiger partial charge in [0, 0.05) is 17.2 Å². The third-order valence-electron chi connectivity index (χ3n) is 3.58. The molecule has 0 aliphatic heterocycles. The first kappa shape index (κ1) is 15.5. The lowest BCUT2D eigenvalue weighted by Crippen LogP contribution is -2.22. The molecule has 1 N–H and O–H groups in total. The summed E-state index contributed by atoms with van der Waals surface area (Å²) in [6, 6.07) is 18.3. The van der Waals surface area contributed by atoms with Gasteiger partial charge in [-0.15, -0.1) is 0 Å². The summed E-state index contributed by atoms with van der Waals surface area (Å²) in [5.41, 5.74) is 3.63. The van der Waals surface area contributed by atoms with Crippen molar-refractivity contribution in [3.63, 3.8) is 0 Å². The Kier molecular flexibility index (Phi) is 4.39. The van der Waals surface area contributed by atoms with Crippen LogP contribution in [0.5, 0.6) is 0 Å². The highest BCUT2D eigenvalue weighted by Crippen LogP contribution is 2.20. The van der Waals surface area contributed by atoms with Crippen LogP contribution in [0.25, 0.3) is 11.3 Å². The van der Waals surface area contributed by atoms with Gasteiger partial charge in [0.05, 0.1) is 18.2 Å². The Bertz CT molecular complexity index is 905. The van der Waals surface area contributed by atoms with Crippen molar-refractivity contribution in [3.05, 3.63) is 77.0 Å². The maximum Gasteiger partial charge on any atom is 0.251 e. The molecule has 3 rings (SSSR count). The van der Waals surface area contributed by atoms with Crippen molar-refractivity contribution in [1.82, 2.24) is 10.5 Å². The van der Waals surface area contributed by atoms with E-state index >= 15 is 0 Å². The highest BCUT2D eigenvalue weighted by molar-refractivity contribution is 5.94. The maximum absolute atomic E-state index is 12.1. The standard InChI is InChI=1S/C19H15N3O2/c1-13-5-7-15(8-6-13)18-10-17(22-24-18)12-21-19(23)16-4-2-3-14(9-16)11-20/h2-10H,12H2,1H3,(H,21,23). The second kappa shape index (κ2) is 6.80. The van der Waals surface area contributed by atoms with Crippen LogP contribution in [0.4, 0.5) is 0 Å². The number of nitrogens with one attached hydrogen (secondary N) is 1. The predicted molar refractivity (Wildman–Crippen MR) is 89.0 cm³/mol. The van der Waals surface area contributed by atoms with Crippen LogP contribution in [0.2, 0.25) is 0 Å². The molecule has 1 heterocycles. The number of amides is 1. The molecular weight excluding hydrogens is 302 g/mol. The molecule has 5 nitrogen and oxygen atoms in total. The van der Waals surface area contributed by atoms with Crippen molar-refractivity contribution in [2.45, 2.75) is 13.5 Å². The number of rotatable bonds is 4. The fourth-order valence-electron chi connectivity index (χ4n) is 2.25. The fraction of sp³-hybridized carbons (Fsp3) is 0.105. The Morgan fingerprint density at radius 3 is 2.75 bits per heavy atom. The van der Waals surface area contributed by atoms with Crippen LogP contribution in [0.1, 0.15) is 27.2 Å². The molecule has 0 saturated carbocycles. The van der Waals surface area contributed by atoms with Crippen molar-refractivity contribution in [3.8, 4) is 17.4 Å². The third-order valence-corrected chi connectivity index (χ3v) is 3.58. The minimum Gasteiger partial charge on any atom is -0.356 e. The van der Waals surface area contributed by atoms with Gasteiger partial charge in [-0.2, -0.15) is 5.26 Å². The van der Waals surface area contributed by atoms with Gasteiger partial charge in [-0.1, -0.05) is 41.1 Å². The summed E-state index contributed by atoms with van der Waals surface area (Å²) in [6.07, 6.45) is 0. The second-order valence-electron chi connectivity index (χ2n) is 5.42. The van der Waals surface area contributed by atoms with Crippen molar-refractivity contribution in [2.75, 3.05) is 0 Å². The largest absolute Gasteiger partial charge is 0.356 e. The first-order valence-electron chi connectivity index (χ1n) is 7.47. The summed E-state index contributed by atoms with van der Waals surface area (Å²) in [4.78, 5) is 12.1. The van der Waals surface area contributed by atoms with Crippen LogP contribution < -0.4 is 5.32 Å². The Balaban J connectivity index is 1.66. The van der Waals surface area contributed by atoms with E-state index in [9.17, 15) is 4.79 Å². The first-order valence-corrected chi connectivity index (χ1v) is 7.47. The summed E-state index contributed by atoms with van der Waals surface area (Å²) < 4.78 is 5.32. The van der Waals surface area contributed by atoms with Crippen LogP contribution >= 0.6 is 0 Å². The number of benzene rings is 2. The van der Waals surface area contributed by atoms with Crippen molar-refractivity contribution in [2.24, 2.45) is 0 Å². The molecule has 24 heavy (non-hydrogen) atoms. The molecule has 0 atom stereocenters. The predicted octanol–water partition coefficient (Wildman–Crippen LogP) is 3.45. The molecule has 1 amide bonds. The van der Waals surface area contributed by atoms with E-state index in [4.69, 9.17) is 9.78 Å². The summed E-state index contributed by atoms with van der Waals surface area (Å²) in [5.74, 6) is 0.401. The van der Waals surface area contributed by atoms with Crippen molar-refractivity contribution >= 4 is 5.91 Å². The molecular formula is C19H15N3O2. The van der Waals surface area contributed by atoms with Crippen molar-refractivity contribution < 1.29 is 9.32 Å². The van der Waals surface area contributed by atoms with Gasteiger partial charge in [0.15, 0.2) is 5.76 Å². The Morgan fingerprint density at radius 2 is 2.00 bits per heavy atom. The lowest BCUT2D eigenvalue weighted by atomic mass is 10.1. The molecule has 0 aliphatic carbocycles. The van der Waals surface area contributed by atoms with E-state index in [2.05, 4.69) is 10.5 Å². The summed E-state index contributed by atoms with van der Waals surface area (Å²) >= 11 is 0. The third kappa shape index (κ3) is 3.50. The molecule has 2 aromatic carbocycles. The van der Waals surface area contributed by atoms with E-state index in [1.807, 2.05) is 37.3 Å². The van der Waals surface area contributed by atoms with Gasteiger partial charge in [-0.3, -0.25) is 4.79 Å². The topological polar surface area (TPSA) is 78.9 Å². The fourth-order valence-corrected chi connectivity index (χ4v) is 2.25. The van der Waals surface area contributed by atoms with Gasteiger partial charge in [-0.25, -0.2) is 0 Å². The monoisotopic (exact) mass is 317 g/mol. The van der Waals surface area contributed by atoms with Crippen LogP contribution in [-0.2, 0) is 6.54 Å². The summed E-state index contributed by atoms with van der Waals surface area (Å²) in [6.45, 7) is 2.28. The zero-order valence-corrected chi connectivity index (χ0v) is 13.1. The number of hydrogen-bond donors (Lipinski definition) is 1. The molecule has 0 fully saturated rings. The zero-order chi connectivity index (χ0) is 16.9. The molecule has 0 bridgehead atoms. The second-order valence-corrected chi connectivity index (χ2v) is 5.42. The lowest BCUT2D eigenvalue weighted by molar-refractivity contribution is 0.0950. The van der Waals surface area contributed by atoms with Crippen LogP contribution in [-0.4, -0.2) is 11.1 Å². The summed E-state index contributed by atoms with van der Waals surface area (Å²) in [7, 11) is 0. The van der Waals surface area contributed by atoms with Gasteiger partial charge < -0.3 is 9.84 Å². The quantitative estimate of drug-likeness (QED) is 0.799. The normalized spacial score (nSPS) is 10.2. The van der Waals surface area contributed by atoms with Crippen molar-refractivity contribution in [1.29, 1.82) is 5.26 Å². The van der Waals surface area contributed by atoms with E-state index in [1.165, 1.54) is 5.56 Å². The molecule has 0 spiro atoms. The minimum absolute atomic E-state index is 0.255. The van der Waals surface area contributed by atoms with Gasteiger partial charge in [-0.05, 0) is 25.1 Å². The van der Waals surface area contributed by atoms with E-state index in [0.717, 1.165) is 5.56 Å². The van der Waals surface area contributed by atoms with Crippen LogP contribution in [0.3, 0.4) is 0 Å². The Hall–Kier alpha value is -3.39. The number of carbonyl (C=O) groups excluding carboxylic acids is 1. The van der Waals surface area contributed by atoms with Crippen LogP contribution in [0, 0.1) is 18.3 Å². The number of carbonyl (C=O) groups is 1. The number of aryl methyl sites for hydroxylation is 1. The van der Waals surface area contributed by atoms with Gasteiger partial charge in [0.2, 0.25) is 0 Å². The zero-order valence-electron chi connectivity index (χ0n) is 13.1. The van der Waals surface area contributed by atoms with E-state index < -0.39 is 0 Å². The number of nitrogens with zero attached hydrogens (tertiary/aromatic N) is 2. The molecule has 0 radical (unpaired) electrons. The number of hydrogen-bond acceptors (Lipinski definition) is 4. The van der Waals surface area contributed by atoms with Gasteiger partial charge in [0.25, 0.3) is 5.91 Å². The lowest BCUT2D eigenvalue weighted by Gasteiger charge is -2.02. The molecule has 0 saturated heterocycles. The van der Waals surface area contributed by atoms with Gasteiger partial charge >= 0.3 is 0 Å². The van der Waals surface area contributed by atoms with E-state index in [1.54, 1.807) is 30.3 Å². The molecule has 118 valence electrons. The number of nitriles is 1. The van der Waals surface area contributed by atoms with E-state index in [-0.39, 0.29) is 12.5 Å².